The summed E-state index contributed by atoms with van der Waals surface area (Å²) in [6.45, 7) is 8.75. The van der Waals surface area contributed by atoms with Gasteiger partial charge in [0.05, 0.1) is 26.4 Å². The van der Waals surface area contributed by atoms with Crippen LogP contribution in [0.25, 0.3) is 11.0 Å². The van der Waals surface area contributed by atoms with Gasteiger partial charge in [0.2, 0.25) is 9.84 Å². The normalized spacial score (nSPS) is 15.8. The molecular weight excluding hydrogens is 412 g/mol. The van der Waals surface area contributed by atoms with Gasteiger partial charge in [-0.3, -0.25) is 4.98 Å². The summed E-state index contributed by atoms with van der Waals surface area (Å²) in [5, 5.41) is 9.08. The fourth-order valence-electron chi connectivity index (χ4n) is 3.98. The van der Waals surface area contributed by atoms with E-state index in [0.29, 0.717) is 11.4 Å². The lowest BCUT2D eigenvalue weighted by Crippen LogP contribution is -2.25. The predicted octanol–water partition coefficient (Wildman–Crippen LogP) is 3.86. The van der Waals surface area contributed by atoms with Crippen LogP contribution in [0.15, 0.2) is 46.5 Å². The van der Waals surface area contributed by atoms with Crippen molar-refractivity contribution in [2.75, 3.05) is 13.2 Å². The number of imidazole rings is 1. The highest BCUT2D eigenvalue weighted by atomic mass is 32.2. The molecule has 0 bridgehead atoms. The lowest BCUT2D eigenvalue weighted by atomic mass is 9.94. The van der Waals surface area contributed by atoms with Crippen LogP contribution in [-0.4, -0.2) is 36.2 Å². The van der Waals surface area contributed by atoms with Crippen LogP contribution >= 0.6 is 0 Å². The minimum Gasteiger partial charge on any atom is -0.381 e. The van der Waals surface area contributed by atoms with E-state index in [1.165, 1.54) is 18.5 Å². The van der Waals surface area contributed by atoms with E-state index >= 15 is 0 Å². The Morgan fingerprint density at radius 3 is 2.58 bits per heavy atom. The van der Waals surface area contributed by atoms with Crippen molar-refractivity contribution in [1.29, 1.82) is 5.26 Å². The maximum atomic E-state index is 13.2. The van der Waals surface area contributed by atoms with Crippen molar-refractivity contribution in [2.24, 2.45) is 5.92 Å². The van der Waals surface area contributed by atoms with E-state index in [1.54, 1.807) is 12.1 Å². The van der Waals surface area contributed by atoms with Crippen molar-refractivity contribution in [3.05, 3.63) is 48.0 Å². The molecule has 0 unspecified atom stereocenters. The van der Waals surface area contributed by atoms with E-state index in [2.05, 4.69) is 30.3 Å². The van der Waals surface area contributed by atoms with Crippen LogP contribution in [0, 0.1) is 17.2 Å². The molecule has 0 radical (unpaired) electrons. The Labute approximate surface area is 182 Å². The molecular formula is C23H26N4O3S. The third kappa shape index (κ3) is 4.21. The fourth-order valence-corrected chi connectivity index (χ4v) is 5.25. The number of nitrogens with zero attached hydrogens (tertiary/aromatic N) is 4. The van der Waals surface area contributed by atoms with E-state index in [0.717, 1.165) is 43.9 Å². The zero-order valence-electron chi connectivity index (χ0n) is 18.0. The highest BCUT2D eigenvalue weighted by molar-refractivity contribution is 7.91. The Bertz CT molecular complexity index is 1260. The second-order valence-electron chi connectivity index (χ2n) is 9.03. The van der Waals surface area contributed by atoms with Crippen LogP contribution in [-0.2, 0) is 26.5 Å². The topological polar surface area (TPSA) is 97.9 Å². The third-order valence-corrected chi connectivity index (χ3v) is 7.35. The molecule has 0 spiro atoms. The van der Waals surface area contributed by atoms with Crippen molar-refractivity contribution in [1.82, 2.24) is 14.5 Å². The zero-order valence-corrected chi connectivity index (χ0v) is 18.8. The summed E-state index contributed by atoms with van der Waals surface area (Å²) < 4.78 is 34.0. The fraction of sp³-hybridized carbons (Fsp3) is 0.435. The Balaban J connectivity index is 1.79. The summed E-state index contributed by atoms with van der Waals surface area (Å²) in [7, 11) is -3.81. The summed E-state index contributed by atoms with van der Waals surface area (Å²) >= 11 is 0. The molecule has 1 aromatic carbocycles. The lowest BCUT2D eigenvalue weighted by molar-refractivity contribution is 0.0611. The van der Waals surface area contributed by atoms with Gasteiger partial charge in [0.25, 0.3) is 0 Å². The molecule has 31 heavy (non-hydrogen) atoms. The number of nitriles is 1. The molecule has 0 amide bonds. The average molecular weight is 439 g/mol. The van der Waals surface area contributed by atoms with Gasteiger partial charge < -0.3 is 9.30 Å². The van der Waals surface area contributed by atoms with Gasteiger partial charge in [-0.1, -0.05) is 20.8 Å². The average Bonchev–Trinajstić information content (AvgIpc) is 3.12. The SMILES string of the molecule is CC(C)(C)c1nc2cc(S(=O)(=O)c3cncc(C#N)c3)ccc2n1CC1CCOCC1. The van der Waals surface area contributed by atoms with E-state index in [4.69, 9.17) is 15.0 Å². The van der Waals surface area contributed by atoms with Crippen molar-refractivity contribution >= 4 is 20.9 Å². The third-order valence-electron chi connectivity index (χ3n) is 5.64. The first-order valence-corrected chi connectivity index (χ1v) is 11.9. The first-order valence-electron chi connectivity index (χ1n) is 10.4. The quantitative estimate of drug-likeness (QED) is 0.613. The molecule has 1 aliphatic rings. The first kappa shape index (κ1) is 21.5. The molecule has 0 saturated carbocycles. The number of fused-ring (bicyclic) bond motifs is 1. The predicted molar refractivity (Wildman–Crippen MR) is 116 cm³/mol. The molecule has 7 nitrogen and oxygen atoms in total. The van der Waals surface area contributed by atoms with Gasteiger partial charge >= 0.3 is 0 Å². The number of rotatable bonds is 4. The minimum atomic E-state index is -3.81. The highest BCUT2D eigenvalue weighted by Gasteiger charge is 2.27. The Hall–Kier alpha value is -2.76. The Kier molecular flexibility index (Phi) is 5.58. The van der Waals surface area contributed by atoms with Crippen molar-refractivity contribution in [3.8, 4) is 6.07 Å². The van der Waals surface area contributed by atoms with Crippen LogP contribution in [0.4, 0.5) is 0 Å². The second-order valence-corrected chi connectivity index (χ2v) is 11.0. The number of benzene rings is 1. The highest BCUT2D eigenvalue weighted by Crippen LogP contribution is 2.31. The van der Waals surface area contributed by atoms with Gasteiger partial charge in [0, 0.05) is 37.6 Å². The van der Waals surface area contributed by atoms with Gasteiger partial charge in [-0.2, -0.15) is 5.26 Å². The van der Waals surface area contributed by atoms with Gasteiger partial charge in [-0.15, -0.1) is 0 Å². The number of aromatic nitrogens is 3. The molecule has 4 rings (SSSR count). The standard InChI is InChI=1S/C23H26N4O3S/c1-23(2,3)22-26-20-11-18(31(28,29)19-10-17(12-24)13-25-14-19)4-5-21(20)27(22)15-16-6-8-30-9-7-16/h4-5,10-11,13-14,16H,6-9,15H2,1-3H3. The van der Waals surface area contributed by atoms with Gasteiger partial charge in [0.15, 0.2) is 0 Å². The Morgan fingerprint density at radius 1 is 1.16 bits per heavy atom. The maximum absolute atomic E-state index is 13.2. The molecule has 1 aliphatic heterocycles. The first-order chi connectivity index (χ1) is 14.7. The molecule has 3 heterocycles. The summed E-state index contributed by atoms with van der Waals surface area (Å²) in [5.41, 5.74) is 1.61. The van der Waals surface area contributed by atoms with E-state index in [1.807, 2.05) is 12.1 Å². The van der Waals surface area contributed by atoms with Gasteiger partial charge in [0.1, 0.15) is 11.9 Å². The monoisotopic (exact) mass is 438 g/mol. The van der Waals surface area contributed by atoms with E-state index in [9.17, 15) is 8.42 Å². The van der Waals surface area contributed by atoms with Crippen LogP contribution < -0.4 is 0 Å². The number of ether oxygens (including phenoxy) is 1. The van der Waals surface area contributed by atoms with E-state index in [-0.39, 0.29) is 20.8 Å². The number of hydrogen-bond acceptors (Lipinski definition) is 6. The van der Waals surface area contributed by atoms with Gasteiger partial charge in [-0.25, -0.2) is 13.4 Å². The molecule has 3 aromatic rings. The molecule has 1 fully saturated rings. The van der Waals surface area contributed by atoms with Crippen LogP contribution in [0.3, 0.4) is 0 Å². The van der Waals surface area contributed by atoms with Crippen molar-refractivity contribution < 1.29 is 13.2 Å². The van der Waals surface area contributed by atoms with E-state index < -0.39 is 9.84 Å². The lowest BCUT2D eigenvalue weighted by Gasteiger charge is -2.26. The van der Waals surface area contributed by atoms with Crippen LogP contribution in [0.2, 0.25) is 0 Å². The van der Waals surface area contributed by atoms with Crippen LogP contribution in [0.5, 0.6) is 0 Å². The summed E-state index contributed by atoms with van der Waals surface area (Å²) in [5.74, 6) is 1.45. The number of sulfone groups is 1. The zero-order chi connectivity index (χ0) is 22.2. The molecule has 8 heteroatoms. The minimum absolute atomic E-state index is 0.00332. The van der Waals surface area contributed by atoms with Crippen LogP contribution in [0.1, 0.15) is 45.0 Å². The smallest absolute Gasteiger partial charge is 0.208 e. The molecule has 1 saturated heterocycles. The van der Waals surface area contributed by atoms with Crippen molar-refractivity contribution in [2.45, 2.75) is 55.4 Å². The Morgan fingerprint density at radius 2 is 1.90 bits per heavy atom. The number of pyridine rings is 1. The maximum Gasteiger partial charge on any atom is 0.208 e. The molecule has 0 N–H and O–H groups in total. The second kappa shape index (κ2) is 8.06. The molecule has 2 aromatic heterocycles. The van der Waals surface area contributed by atoms with Crippen molar-refractivity contribution in [3.63, 3.8) is 0 Å². The largest absolute Gasteiger partial charge is 0.381 e. The molecule has 0 atom stereocenters. The molecule has 0 aliphatic carbocycles. The number of hydrogen-bond donors (Lipinski definition) is 0. The molecule has 162 valence electrons. The summed E-state index contributed by atoms with van der Waals surface area (Å²) in [6, 6.07) is 8.36. The summed E-state index contributed by atoms with van der Waals surface area (Å²) in [4.78, 5) is 8.89. The van der Waals surface area contributed by atoms with Gasteiger partial charge in [-0.05, 0) is 43.0 Å². The summed E-state index contributed by atoms with van der Waals surface area (Å²) in [6.07, 6.45) is 4.64.